The highest BCUT2D eigenvalue weighted by Crippen LogP contribution is 2.18. The zero-order valence-electron chi connectivity index (χ0n) is 12.5. The van der Waals surface area contributed by atoms with E-state index in [1.54, 1.807) is 19.9 Å². The fraction of sp³-hybridized carbons (Fsp3) is 0.500. The van der Waals surface area contributed by atoms with Gasteiger partial charge in [0.05, 0.1) is 12.2 Å². The second-order valence-electron chi connectivity index (χ2n) is 5.36. The molecule has 0 fully saturated rings. The van der Waals surface area contributed by atoms with Crippen molar-refractivity contribution in [2.75, 3.05) is 0 Å². The van der Waals surface area contributed by atoms with Crippen LogP contribution >= 0.6 is 0 Å². The highest BCUT2D eigenvalue weighted by atomic mass is 16.4. The van der Waals surface area contributed by atoms with E-state index in [1.807, 2.05) is 0 Å². The van der Waals surface area contributed by atoms with Crippen molar-refractivity contribution >= 4 is 5.91 Å². The molecule has 0 bridgehead atoms. The van der Waals surface area contributed by atoms with E-state index in [0.717, 1.165) is 30.5 Å². The molecule has 22 heavy (non-hydrogen) atoms. The molecule has 1 unspecified atom stereocenters. The Kier molecular flexibility index (Phi) is 3.74. The van der Waals surface area contributed by atoms with Crippen molar-refractivity contribution in [3.8, 4) is 0 Å². The molecular formula is C14H17N5O3. The number of amides is 1. The average Bonchev–Trinajstić information content (AvgIpc) is 3.11. The fourth-order valence-electron chi connectivity index (χ4n) is 2.52. The van der Waals surface area contributed by atoms with Crippen LogP contribution in [0.15, 0.2) is 15.3 Å². The number of aryl methyl sites for hydroxylation is 3. The van der Waals surface area contributed by atoms with Crippen molar-refractivity contribution in [2.24, 2.45) is 0 Å². The average molecular weight is 303 g/mol. The third-order valence-electron chi connectivity index (χ3n) is 3.71. The third-order valence-corrected chi connectivity index (χ3v) is 3.71. The zero-order chi connectivity index (χ0) is 15.7. The minimum absolute atomic E-state index is 0.129. The second kappa shape index (κ2) is 5.70. The van der Waals surface area contributed by atoms with Gasteiger partial charge in [-0.25, -0.2) is 4.68 Å². The van der Waals surface area contributed by atoms with Crippen LogP contribution in [0.25, 0.3) is 0 Å². The first-order valence-electron chi connectivity index (χ1n) is 7.23. The van der Waals surface area contributed by atoms with Crippen molar-refractivity contribution in [2.45, 2.75) is 45.7 Å². The molecular weight excluding hydrogens is 286 g/mol. The molecule has 116 valence electrons. The largest absolute Gasteiger partial charge is 0.424 e. The Balaban J connectivity index is 1.72. The Morgan fingerprint density at radius 2 is 2.27 bits per heavy atom. The van der Waals surface area contributed by atoms with E-state index in [4.69, 9.17) is 4.42 Å². The standard InChI is InChI=1S/C14H17N5O3/c1-8(14(21)15-7-12-17-16-9(2)22-12)19-13(20)6-10-4-3-5-11(10)18-19/h6,8H,3-5,7H2,1-2H3,(H,15,21). The first kappa shape index (κ1) is 14.4. The summed E-state index contributed by atoms with van der Waals surface area (Å²) in [5.74, 6) is 0.449. The molecule has 0 radical (unpaired) electrons. The minimum Gasteiger partial charge on any atom is -0.424 e. The van der Waals surface area contributed by atoms with Gasteiger partial charge in [-0.2, -0.15) is 5.10 Å². The summed E-state index contributed by atoms with van der Waals surface area (Å²) in [6, 6.07) is 0.892. The van der Waals surface area contributed by atoms with Crippen LogP contribution in [0.1, 0.15) is 42.4 Å². The fourth-order valence-corrected chi connectivity index (χ4v) is 2.52. The number of nitrogens with zero attached hydrogens (tertiary/aromatic N) is 4. The lowest BCUT2D eigenvalue weighted by Crippen LogP contribution is -2.37. The van der Waals surface area contributed by atoms with Gasteiger partial charge >= 0.3 is 0 Å². The van der Waals surface area contributed by atoms with Gasteiger partial charge in [0.1, 0.15) is 6.04 Å². The molecule has 1 aliphatic rings. The molecule has 3 rings (SSSR count). The van der Waals surface area contributed by atoms with Crippen LogP contribution in [0.4, 0.5) is 0 Å². The molecule has 0 aromatic carbocycles. The van der Waals surface area contributed by atoms with Crippen molar-refractivity contribution in [3.63, 3.8) is 0 Å². The van der Waals surface area contributed by atoms with Crippen molar-refractivity contribution in [1.82, 2.24) is 25.3 Å². The Morgan fingerprint density at radius 1 is 1.45 bits per heavy atom. The summed E-state index contributed by atoms with van der Waals surface area (Å²) < 4.78 is 6.42. The normalized spacial score (nSPS) is 14.6. The molecule has 2 aromatic rings. The van der Waals surface area contributed by atoms with E-state index in [0.29, 0.717) is 11.8 Å². The van der Waals surface area contributed by atoms with Crippen LogP contribution in [0.2, 0.25) is 0 Å². The molecule has 8 nitrogen and oxygen atoms in total. The molecule has 1 N–H and O–H groups in total. The first-order valence-corrected chi connectivity index (χ1v) is 7.23. The summed E-state index contributed by atoms with van der Waals surface area (Å²) in [7, 11) is 0. The van der Waals surface area contributed by atoms with E-state index in [9.17, 15) is 9.59 Å². The smallest absolute Gasteiger partial charge is 0.267 e. The topological polar surface area (TPSA) is 103 Å². The molecule has 2 aromatic heterocycles. The Hall–Kier alpha value is -2.51. The van der Waals surface area contributed by atoms with E-state index >= 15 is 0 Å². The monoisotopic (exact) mass is 303 g/mol. The number of aromatic nitrogens is 4. The molecule has 1 aliphatic carbocycles. The van der Waals surface area contributed by atoms with E-state index < -0.39 is 6.04 Å². The van der Waals surface area contributed by atoms with Crippen LogP contribution in [-0.4, -0.2) is 25.9 Å². The van der Waals surface area contributed by atoms with Crippen LogP contribution in [0, 0.1) is 6.92 Å². The molecule has 1 amide bonds. The first-order chi connectivity index (χ1) is 10.5. The van der Waals surface area contributed by atoms with Gasteiger partial charge in [-0.15, -0.1) is 10.2 Å². The van der Waals surface area contributed by atoms with Gasteiger partial charge in [0, 0.05) is 13.0 Å². The quantitative estimate of drug-likeness (QED) is 0.871. The van der Waals surface area contributed by atoms with Gasteiger partial charge in [-0.05, 0) is 31.7 Å². The number of hydrogen-bond donors (Lipinski definition) is 1. The van der Waals surface area contributed by atoms with Crippen molar-refractivity contribution in [1.29, 1.82) is 0 Å². The van der Waals surface area contributed by atoms with Crippen molar-refractivity contribution < 1.29 is 9.21 Å². The molecule has 0 saturated carbocycles. The summed E-state index contributed by atoms with van der Waals surface area (Å²) in [5.41, 5.74) is 1.65. The van der Waals surface area contributed by atoms with Crippen LogP contribution in [-0.2, 0) is 24.2 Å². The van der Waals surface area contributed by atoms with Crippen LogP contribution < -0.4 is 10.9 Å². The number of carbonyl (C=O) groups is 1. The Bertz CT molecular complexity index is 764. The summed E-state index contributed by atoms with van der Waals surface area (Å²) in [5, 5.41) is 14.5. The summed E-state index contributed by atoms with van der Waals surface area (Å²) in [4.78, 5) is 24.3. The van der Waals surface area contributed by atoms with E-state index in [1.165, 1.54) is 4.68 Å². The number of carbonyl (C=O) groups excluding carboxylic acids is 1. The van der Waals surface area contributed by atoms with Gasteiger partial charge < -0.3 is 9.73 Å². The number of nitrogens with one attached hydrogen (secondary N) is 1. The van der Waals surface area contributed by atoms with E-state index in [-0.39, 0.29) is 18.0 Å². The maximum atomic E-state index is 12.2. The van der Waals surface area contributed by atoms with Crippen molar-refractivity contribution in [3.05, 3.63) is 39.5 Å². The van der Waals surface area contributed by atoms with Gasteiger partial charge in [0.15, 0.2) is 0 Å². The second-order valence-corrected chi connectivity index (χ2v) is 5.36. The number of rotatable bonds is 4. The van der Waals surface area contributed by atoms with Gasteiger partial charge in [0.2, 0.25) is 17.7 Å². The molecule has 0 aliphatic heterocycles. The minimum atomic E-state index is -0.692. The molecule has 1 atom stereocenters. The van der Waals surface area contributed by atoms with Gasteiger partial charge in [-0.1, -0.05) is 0 Å². The SMILES string of the molecule is Cc1nnc(CNC(=O)C(C)n2nc3c(cc2=O)CCC3)o1. The van der Waals surface area contributed by atoms with Gasteiger partial charge in [-0.3, -0.25) is 9.59 Å². The molecule has 8 heteroatoms. The predicted molar refractivity (Wildman–Crippen MR) is 76.1 cm³/mol. The Labute approximate surface area is 126 Å². The highest BCUT2D eigenvalue weighted by Gasteiger charge is 2.21. The highest BCUT2D eigenvalue weighted by molar-refractivity contribution is 5.79. The lowest BCUT2D eigenvalue weighted by Gasteiger charge is -2.14. The lowest BCUT2D eigenvalue weighted by atomic mass is 10.2. The number of hydrogen-bond acceptors (Lipinski definition) is 6. The lowest BCUT2D eigenvalue weighted by molar-refractivity contribution is -0.124. The third kappa shape index (κ3) is 2.76. The van der Waals surface area contributed by atoms with Crippen LogP contribution in [0.5, 0.6) is 0 Å². The maximum absolute atomic E-state index is 12.2. The predicted octanol–water partition coefficient (Wildman–Crippen LogP) is 0.301. The van der Waals surface area contributed by atoms with E-state index in [2.05, 4.69) is 20.6 Å². The molecule has 2 heterocycles. The molecule has 0 spiro atoms. The van der Waals surface area contributed by atoms with Crippen LogP contribution in [0.3, 0.4) is 0 Å². The zero-order valence-corrected chi connectivity index (χ0v) is 12.5. The summed E-state index contributed by atoms with van der Waals surface area (Å²) in [6.07, 6.45) is 2.74. The molecule has 0 saturated heterocycles. The number of fused-ring (bicyclic) bond motifs is 1. The Morgan fingerprint density at radius 3 is 3.00 bits per heavy atom. The van der Waals surface area contributed by atoms with Gasteiger partial charge in [0.25, 0.3) is 5.56 Å². The summed E-state index contributed by atoms with van der Waals surface area (Å²) >= 11 is 0. The maximum Gasteiger partial charge on any atom is 0.267 e. The summed E-state index contributed by atoms with van der Waals surface area (Å²) in [6.45, 7) is 3.45.